The third-order valence-electron chi connectivity index (χ3n) is 2.85. The van der Waals surface area contributed by atoms with Crippen LogP contribution in [0.1, 0.15) is 24.3 Å². The van der Waals surface area contributed by atoms with E-state index in [2.05, 4.69) is 9.97 Å². The molecule has 1 aromatic heterocycles. The van der Waals surface area contributed by atoms with Gasteiger partial charge in [-0.2, -0.15) is 0 Å². The Morgan fingerprint density at radius 2 is 1.62 bits per heavy atom. The number of phenols is 1. The molecular formula is C13H12N2O. The molecule has 1 saturated carbocycles. The average molecular weight is 212 g/mol. The number of hydrogen-bond acceptors (Lipinski definition) is 3. The van der Waals surface area contributed by atoms with E-state index < -0.39 is 0 Å². The van der Waals surface area contributed by atoms with Crippen molar-refractivity contribution in [2.45, 2.75) is 18.8 Å². The van der Waals surface area contributed by atoms with Gasteiger partial charge < -0.3 is 5.11 Å². The Labute approximate surface area is 93.8 Å². The van der Waals surface area contributed by atoms with Gasteiger partial charge in [0, 0.05) is 18.0 Å². The molecule has 3 heteroatoms. The van der Waals surface area contributed by atoms with Crippen LogP contribution in [-0.2, 0) is 0 Å². The number of rotatable bonds is 2. The summed E-state index contributed by atoms with van der Waals surface area (Å²) < 4.78 is 0. The number of hydrogen-bond donors (Lipinski definition) is 1. The zero-order valence-electron chi connectivity index (χ0n) is 8.80. The minimum atomic E-state index is 0.262. The summed E-state index contributed by atoms with van der Waals surface area (Å²) in [5, 5.41) is 9.19. The van der Waals surface area contributed by atoms with Gasteiger partial charge in [-0.15, -0.1) is 0 Å². The Hall–Kier alpha value is -1.90. The maximum atomic E-state index is 9.19. The lowest BCUT2D eigenvalue weighted by Crippen LogP contribution is -1.90. The predicted molar refractivity (Wildman–Crippen MR) is 61.1 cm³/mol. The third kappa shape index (κ3) is 1.76. The number of aromatic nitrogens is 2. The molecule has 1 heterocycles. The van der Waals surface area contributed by atoms with Crippen molar-refractivity contribution in [2.24, 2.45) is 0 Å². The van der Waals surface area contributed by atoms with Crippen LogP contribution in [0.15, 0.2) is 36.7 Å². The Morgan fingerprint density at radius 3 is 2.19 bits per heavy atom. The van der Waals surface area contributed by atoms with Crippen molar-refractivity contribution >= 4 is 0 Å². The molecule has 80 valence electrons. The Kier molecular flexibility index (Phi) is 2.10. The van der Waals surface area contributed by atoms with Gasteiger partial charge in [0.2, 0.25) is 0 Å². The van der Waals surface area contributed by atoms with Crippen LogP contribution in [0.5, 0.6) is 5.75 Å². The Balaban J connectivity index is 1.91. The van der Waals surface area contributed by atoms with Gasteiger partial charge in [-0.1, -0.05) is 0 Å². The quantitative estimate of drug-likeness (QED) is 0.832. The van der Waals surface area contributed by atoms with Crippen LogP contribution >= 0.6 is 0 Å². The van der Waals surface area contributed by atoms with Crippen molar-refractivity contribution in [2.75, 3.05) is 0 Å². The van der Waals surface area contributed by atoms with E-state index in [1.807, 2.05) is 24.5 Å². The number of benzene rings is 1. The molecule has 0 saturated heterocycles. The highest BCUT2D eigenvalue weighted by Gasteiger charge is 2.23. The second kappa shape index (κ2) is 3.59. The van der Waals surface area contributed by atoms with E-state index in [1.165, 1.54) is 18.4 Å². The molecular weight excluding hydrogens is 200 g/mol. The van der Waals surface area contributed by atoms with Crippen molar-refractivity contribution in [1.82, 2.24) is 9.97 Å². The van der Waals surface area contributed by atoms with Gasteiger partial charge in [0.15, 0.2) is 5.82 Å². The summed E-state index contributed by atoms with van der Waals surface area (Å²) in [7, 11) is 0. The molecule has 1 fully saturated rings. The fourth-order valence-electron chi connectivity index (χ4n) is 1.73. The summed E-state index contributed by atoms with van der Waals surface area (Å²) in [6.07, 6.45) is 6.35. The molecule has 0 atom stereocenters. The first-order chi connectivity index (χ1) is 7.83. The maximum Gasteiger partial charge on any atom is 0.159 e. The van der Waals surface area contributed by atoms with E-state index in [9.17, 15) is 5.11 Å². The van der Waals surface area contributed by atoms with Crippen molar-refractivity contribution in [3.63, 3.8) is 0 Å². The van der Waals surface area contributed by atoms with Gasteiger partial charge in [0.05, 0.1) is 0 Å². The highest BCUT2D eigenvalue weighted by molar-refractivity contribution is 5.55. The van der Waals surface area contributed by atoms with Crippen LogP contribution in [0, 0.1) is 0 Å². The van der Waals surface area contributed by atoms with Crippen molar-refractivity contribution < 1.29 is 5.11 Å². The molecule has 0 amide bonds. The van der Waals surface area contributed by atoms with Gasteiger partial charge in [-0.25, -0.2) is 9.97 Å². The molecule has 1 N–H and O–H groups in total. The van der Waals surface area contributed by atoms with Gasteiger partial charge >= 0.3 is 0 Å². The minimum absolute atomic E-state index is 0.262. The van der Waals surface area contributed by atoms with E-state index in [-0.39, 0.29) is 5.75 Å². The zero-order chi connectivity index (χ0) is 11.0. The summed E-state index contributed by atoms with van der Waals surface area (Å²) in [5.41, 5.74) is 2.17. The molecule has 0 aliphatic heterocycles. The molecule has 3 nitrogen and oxygen atoms in total. The lowest BCUT2D eigenvalue weighted by Gasteiger charge is -2.01. The number of aromatic hydroxyl groups is 1. The third-order valence-corrected chi connectivity index (χ3v) is 2.85. The summed E-state index contributed by atoms with van der Waals surface area (Å²) in [5.74, 6) is 1.66. The molecule has 0 spiro atoms. The van der Waals surface area contributed by atoms with Crippen LogP contribution in [-0.4, -0.2) is 15.1 Å². The standard InChI is InChI=1S/C13H12N2O/c16-12-5-3-10(4-6-12)13-14-7-11(8-15-13)9-1-2-9/h3-9,16H,1-2H2. The maximum absolute atomic E-state index is 9.19. The first-order valence-corrected chi connectivity index (χ1v) is 5.44. The van der Waals surface area contributed by atoms with Crippen LogP contribution in [0.4, 0.5) is 0 Å². The van der Waals surface area contributed by atoms with Crippen LogP contribution < -0.4 is 0 Å². The molecule has 3 rings (SSSR count). The molecule has 1 aliphatic carbocycles. The van der Waals surface area contributed by atoms with Crippen LogP contribution in [0.25, 0.3) is 11.4 Å². The molecule has 1 aromatic carbocycles. The second-order valence-corrected chi connectivity index (χ2v) is 4.16. The van der Waals surface area contributed by atoms with Crippen molar-refractivity contribution in [3.8, 4) is 17.1 Å². The molecule has 1 aliphatic rings. The molecule has 0 unspecified atom stereocenters. The monoisotopic (exact) mass is 212 g/mol. The first-order valence-electron chi connectivity index (χ1n) is 5.44. The smallest absolute Gasteiger partial charge is 0.159 e. The van der Waals surface area contributed by atoms with E-state index in [4.69, 9.17) is 0 Å². The second-order valence-electron chi connectivity index (χ2n) is 4.16. The predicted octanol–water partition coefficient (Wildman–Crippen LogP) is 2.73. The van der Waals surface area contributed by atoms with Gasteiger partial charge in [-0.05, 0) is 48.6 Å². The van der Waals surface area contributed by atoms with Gasteiger partial charge in [0.1, 0.15) is 5.75 Å². The Bertz CT molecular complexity index is 486. The molecule has 2 aromatic rings. The van der Waals surface area contributed by atoms with Crippen LogP contribution in [0.3, 0.4) is 0 Å². The summed E-state index contributed by atoms with van der Waals surface area (Å²) >= 11 is 0. The minimum Gasteiger partial charge on any atom is -0.508 e. The SMILES string of the molecule is Oc1ccc(-c2ncc(C3CC3)cn2)cc1. The largest absolute Gasteiger partial charge is 0.508 e. The van der Waals surface area contributed by atoms with E-state index >= 15 is 0 Å². The normalized spacial score (nSPS) is 15.0. The van der Waals surface area contributed by atoms with E-state index in [1.54, 1.807) is 12.1 Å². The lowest BCUT2D eigenvalue weighted by molar-refractivity contribution is 0.475. The molecule has 0 bridgehead atoms. The van der Waals surface area contributed by atoms with Crippen molar-refractivity contribution in [3.05, 3.63) is 42.2 Å². The van der Waals surface area contributed by atoms with E-state index in [0.29, 0.717) is 11.7 Å². The van der Waals surface area contributed by atoms with E-state index in [0.717, 1.165) is 5.56 Å². The van der Waals surface area contributed by atoms with Crippen LogP contribution in [0.2, 0.25) is 0 Å². The van der Waals surface area contributed by atoms with Crippen molar-refractivity contribution in [1.29, 1.82) is 0 Å². The lowest BCUT2D eigenvalue weighted by atomic mass is 10.2. The fourth-order valence-corrected chi connectivity index (χ4v) is 1.73. The Morgan fingerprint density at radius 1 is 1.00 bits per heavy atom. The summed E-state index contributed by atoms with van der Waals surface area (Å²) in [6.45, 7) is 0. The average Bonchev–Trinajstić information content (AvgIpc) is 3.14. The first kappa shape index (κ1) is 9.33. The summed E-state index contributed by atoms with van der Waals surface area (Å²) in [4.78, 5) is 8.69. The topological polar surface area (TPSA) is 46.0 Å². The zero-order valence-corrected chi connectivity index (χ0v) is 8.80. The molecule has 0 radical (unpaired) electrons. The fraction of sp³-hybridized carbons (Fsp3) is 0.231. The van der Waals surface area contributed by atoms with Gasteiger partial charge in [-0.3, -0.25) is 0 Å². The van der Waals surface area contributed by atoms with Gasteiger partial charge in [0.25, 0.3) is 0 Å². The highest BCUT2D eigenvalue weighted by Crippen LogP contribution is 2.39. The number of phenolic OH excluding ortho intramolecular Hbond substituents is 1. The highest BCUT2D eigenvalue weighted by atomic mass is 16.3. The number of nitrogens with zero attached hydrogens (tertiary/aromatic N) is 2. The summed E-state index contributed by atoms with van der Waals surface area (Å²) in [6, 6.07) is 6.93. The molecule has 16 heavy (non-hydrogen) atoms.